The van der Waals surface area contributed by atoms with Gasteiger partial charge in [-0.05, 0) is 45.4 Å². The van der Waals surface area contributed by atoms with Crippen LogP contribution in [-0.2, 0) is 11.2 Å². The van der Waals surface area contributed by atoms with Crippen molar-refractivity contribution in [3.05, 3.63) is 23.3 Å². The molecule has 21 heavy (non-hydrogen) atoms. The van der Waals surface area contributed by atoms with E-state index in [9.17, 15) is 15.0 Å². The molecule has 1 aromatic rings. The predicted molar refractivity (Wildman–Crippen MR) is 77.8 cm³/mol. The summed E-state index contributed by atoms with van der Waals surface area (Å²) < 4.78 is 11.2. The molecule has 0 amide bonds. The summed E-state index contributed by atoms with van der Waals surface area (Å²) >= 11 is 0. The Bertz CT molecular complexity index is 574. The maximum Gasteiger partial charge on any atom is 0.312 e. The zero-order chi connectivity index (χ0) is 16.0. The van der Waals surface area contributed by atoms with Crippen LogP contribution in [0.3, 0.4) is 0 Å². The average Bonchev–Trinajstić information content (AvgIpc) is 2.70. The molecule has 5 nitrogen and oxygen atoms in total. The molecule has 2 rings (SSSR count). The highest BCUT2D eigenvalue weighted by Gasteiger charge is 2.39. The second kappa shape index (κ2) is 4.91. The van der Waals surface area contributed by atoms with Gasteiger partial charge in [-0.1, -0.05) is 0 Å². The van der Waals surface area contributed by atoms with Crippen molar-refractivity contribution in [3.63, 3.8) is 0 Å². The minimum atomic E-state index is -1.28. The first-order valence-corrected chi connectivity index (χ1v) is 6.90. The van der Waals surface area contributed by atoms with E-state index in [2.05, 4.69) is 0 Å². The van der Waals surface area contributed by atoms with Crippen molar-refractivity contribution in [2.45, 2.75) is 45.8 Å². The topological polar surface area (TPSA) is 76.0 Å². The molecule has 116 valence electrons. The minimum Gasteiger partial charge on any atom is -0.493 e. The minimum absolute atomic E-state index is 0.332. The molecule has 5 heteroatoms. The van der Waals surface area contributed by atoms with Gasteiger partial charge in [-0.25, -0.2) is 0 Å². The van der Waals surface area contributed by atoms with E-state index in [1.807, 2.05) is 19.9 Å². The maximum atomic E-state index is 11.3. The molecule has 0 fully saturated rings. The molecule has 1 aromatic carbocycles. The Morgan fingerprint density at radius 2 is 2.05 bits per heavy atom. The summed E-state index contributed by atoms with van der Waals surface area (Å²) in [6.07, 6.45) is -0.440. The fraction of sp³-hybridized carbons (Fsp3) is 0.562. The van der Waals surface area contributed by atoms with Crippen molar-refractivity contribution in [1.82, 2.24) is 0 Å². The van der Waals surface area contributed by atoms with Gasteiger partial charge < -0.3 is 19.7 Å². The molecule has 0 aromatic heterocycles. The van der Waals surface area contributed by atoms with Crippen molar-refractivity contribution < 1.29 is 24.5 Å². The van der Waals surface area contributed by atoms with Gasteiger partial charge in [-0.2, -0.15) is 0 Å². The van der Waals surface area contributed by atoms with Gasteiger partial charge in [-0.3, -0.25) is 4.79 Å². The Morgan fingerprint density at radius 3 is 2.57 bits per heavy atom. The quantitative estimate of drug-likeness (QED) is 0.892. The van der Waals surface area contributed by atoms with Crippen LogP contribution in [0.1, 0.15) is 44.9 Å². The van der Waals surface area contributed by atoms with Crippen molar-refractivity contribution in [2.75, 3.05) is 7.11 Å². The summed E-state index contributed by atoms with van der Waals surface area (Å²) in [7, 11) is 1.53. The number of methoxy groups -OCH3 is 1. The highest BCUT2D eigenvalue weighted by atomic mass is 16.5. The largest absolute Gasteiger partial charge is 0.493 e. The van der Waals surface area contributed by atoms with Crippen molar-refractivity contribution in [3.8, 4) is 11.5 Å². The first-order chi connectivity index (χ1) is 9.58. The van der Waals surface area contributed by atoms with Gasteiger partial charge in [0.25, 0.3) is 0 Å². The molecule has 1 aliphatic heterocycles. The van der Waals surface area contributed by atoms with E-state index in [1.54, 1.807) is 6.07 Å². The van der Waals surface area contributed by atoms with Crippen LogP contribution >= 0.6 is 0 Å². The summed E-state index contributed by atoms with van der Waals surface area (Å²) in [4.78, 5) is 11.3. The van der Waals surface area contributed by atoms with E-state index >= 15 is 0 Å². The molecule has 1 atom stereocenters. The van der Waals surface area contributed by atoms with E-state index in [0.717, 1.165) is 5.56 Å². The van der Waals surface area contributed by atoms with Crippen LogP contribution < -0.4 is 9.47 Å². The van der Waals surface area contributed by atoms with Crippen molar-refractivity contribution in [2.24, 2.45) is 5.41 Å². The second-order valence-corrected chi connectivity index (χ2v) is 6.68. The van der Waals surface area contributed by atoms with Gasteiger partial charge >= 0.3 is 5.97 Å². The van der Waals surface area contributed by atoms with Crippen LogP contribution in [0.5, 0.6) is 11.5 Å². The van der Waals surface area contributed by atoms with E-state index < -0.39 is 17.5 Å². The van der Waals surface area contributed by atoms with E-state index in [0.29, 0.717) is 23.5 Å². The Balaban J connectivity index is 2.47. The number of benzene rings is 1. The lowest BCUT2D eigenvalue weighted by molar-refractivity contribution is -0.153. The SMILES string of the molecule is COc1cc(C(O)C(C)(C)C(=O)O)cc2c1OC(C)(C)C2. The summed E-state index contributed by atoms with van der Waals surface area (Å²) in [5, 5.41) is 19.7. The molecule has 0 aliphatic carbocycles. The fourth-order valence-electron chi connectivity index (χ4n) is 2.54. The number of aliphatic carboxylic acids is 1. The number of fused-ring (bicyclic) bond motifs is 1. The third-order valence-corrected chi connectivity index (χ3v) is 3.92. The Labute approximate surface area is 124 Å². The number of rotatable bonds is 4. The molecule has 0 bridgehead atoms. The molecule has 1 aliphatic rings. The third kappa shape index (κ3) is 2.70. The number of aliphatic hydroxyl groups excluding tert-OH is 1. The lowest BCUT2D eigenvalue weighted by Gasteiger charge is -2.26. The number of ether oxygens (including phenoxy) is 2. The molecule has 0 saturated carbocycles. The van der Waals surface area contributed by atoms with Gasteiger partial charge in [0.2, 0.25) is 0 Å². The normalized spacial score (nSPS) is 17.8. The van der Waals surface area contributed by atoms with Gasteiger partial charge in [-0.15, -0.1) is 0 Å². The van der Waals surface area contributed by atoms with Crippen molar-refractivity contribution >= 4 is 5.97 Å². The van der Waals surface area contributed by atoms with Gasteiger partial charge in [0.05, 0.1) is 18.6 Å². The van der Waals surface area contributed by atoms with E-state index in [1.165, 1.54) is 21.0 Å². The maximum absolute atomic E-state index is 11.3. The first-order valence-electron chi connectivity index (χ1n) is 6.90. The van der Waals surface area contributed by atoms with E-state index in [-0.39, 0.29) is 5.60 Å². The van der Waals surface area contributed by atoms with Gasteiger partial charge in [0.15, 0.2) is 11.5 Å². The molecular formula is C16H22O5. The van der Waals surface area contributed by atoms with Gasteiger partial charge in [0, 0.05) is 12.0 Å². The van der Waals surface area contributed by atoms with Crippen LogP contribution in [0.25, 0.3) is 0 Å². The van der Waals surface area contributed by atoms with Crippen LogP contribution in [0.2, 0.25) is 0 Å². The lowest BCUT2D eigenvalue weighted by atomic mass is 9.82. The zero-order valence-corrected chi connectivity index (χ0v) is 13.1. The number of carbonyl (C=O) groups is 1. The summed E-state index contributed by atoms with van der Waals surface area (Å²) in [6.45, 7) is 6.95. The number of carboxylic acid groups (broad SMARTS) is 1. The van der Waals surface area contributed by atoms with Crippen LogP contribution in [-0.4, -0.2) is 28.9 Å². The highest BCUT2D eigenvalue weighted by molar-refractivity contribution is 5.75. The number of hydrogen-bond acceptors (Lipinski definition) is 4. The summed E-state index contributed by atoms with van der Waals surface area (Å²) in [5.74, 6) is 0.144. The zero-order valence-electron chi connectivity index (χ0n) is 13.1. The average molecular weight is 294 g/mol. The lowest BCUT2D eigenvalue weighted by Crippen LogP contribution is -2.31. The van der Waals surface area contributed by atoms with Crippen LogP contribution in [0.15, 0.2) is 12.1 Å². The third-order valence-electron chi connectivity index (χ3n) is 3.92. The van der Waals surface area contributed by atoms with Crippen LogP contribution in [0.4, 0.5) is 0 Å². The second-order valence-electron chi connectivity index (χ2n) is 6.68. The highest BCUT2D eigenvalue weighted by Crippen LogP contribution is 2.45. The first kappa shape index (κ1) is 15.6. The molecule has 0 saturated heterocycles. The summed E-state index contributed by atoms with van der Waals surface area (Å²) in [6, 6.07) is 3.46. The van der Waals surface area contributed by atoms with Gasteiger partial charge in [0.1, 0.15) is 5.60 Å². The molecule has 0 spiro atoms. The van der Waals surface area contributed by atoms with E-state index in [4.69, 9.17) is 9.47 Å². The number of aliphatic hydroxyl groups is 1. The Hall–Kier alpha value is -1.75. The smallest absolute Gasteiger partial charge is 0.312 e. The molecule has 2 N–H and O–H groups in total. The number of carboxylic acids is 1. The monoisotopic (exact) mass is 294 g/mol. The standard InChI is InChI=1S/C16H22O5/c1-15(2)8-10-6-9(7-11(20-5)12(10)21-15)13(17)16(3,4)14(18)19/h6-7,13,17H,8H2,1-5H3,(H,18,19). The summed E-state index contributed by atoms with van der Waals surface area (Å²) in [5.41, 5.74) is -0.163. The van der Waals surface area contributed by atoms with Crippen molar-refractivity contribution in [1.29, 1.82) is 0 Å². The fourth-order valence-corrected chi connectivity index (χ4v) is 2.54. The molecular weight excluding hydrogens is 272 g/mol. The molecule has 1 unspecified atom stereocenters. The molecule has 0 radical (unpaired) electrons. The number of hydrogen-bond donors (Lipinski definition) is 2. The van der Waals surface area contributed by atoms with Crippen LogP contribution in [0, 0.1) is 5.41 Å². The predicted octanol–water partition coefficient (Wildman–Crippen LogP) is 2.55. The molecule has 1 heterocycles. The Kier molecular flexibility index (Phi) is 3.66. The Morgan fingerprint density at radius 1 is 1.43 bits per heavy atom.